The number of amides is 1. The maximum atomic E-state index is 12.5. The zero-order valence-corrected chi connectivity index (χ0v) is 14.1. The Labute approximate surface area is 138 Å². The first-order valence-corrected chi connectivity index (χ1v) is 8.23. The van der Waals surface area contributed by atoms with Crippen molar-refractivity contribution in [2.45, 2.75) is 6.42 Å². The number of allylic oxidation sites excluding steroid dienone is 2. The van der Waals surface area contributed by atoms with Gasteiger partial charge in [-0.15, -0.1) is 0 Å². The van der Waals surface area contributed by atoms with Crippen LogP contribution < -0.4 is 5.32 Å². The third-order valence-electron chi connectivity index (χ3n) is 4.24. The number of rotatable bonds is 3. The van der Waals surface area contributed by atoms with Crippen LogP contribution >= 0.6 is 31.9 Å². The van der Waals surface area contributed by atoms with Gasteiger partial charge >= 0.3 is 5.97 Å². The van der Waals surface area contributed by atoms with Gasteiger partial charge < -0.3 is 10.4 Å². The lowest BCUT2D eigenvalue weighted by Crippen LogP contribution is -2.36. The number of halogens is 2. The monoisotopic (exact) mass is 413 g/mol. The van der Waals surface area contributed by atoms with E-state index in [0.717, 1.165) is 15.4 Å². The summed E-state index contributed by atoms with van der Waals surface area (Å²) in [5, 5.41) is 12.2. The Bertz CT molecular complexity index is 644. The summed E-state index contributed by atoms with van der Waals surface area (Å²) in [6.07, 6.45) is 4.67. The molecule has 2 aliphatic rings. The van der Waals surface area contributed by atoms with Crippen molar-refractivity contribution in [1.29, 1.82) is 0 Å². The molecule has 2 aliphatic carbocycles. The molecule has 4 nitrogen and oxygen atoms in total. The van der Waals surface area contributed by atoms with Gasteiger partial charge in [0.25, 0.3) is 0 Å². The number of carboxylic acids is 1. The summed E-state index contributed by atoms with van der Waals surface area (Å²) in [7, 11) is 0. The number of aliphatic carboxylic acids is 1. The maximum absolute atomic E-state index is 12.5. The molecule has 21 heavy (non-hydrogen) atoms. The van der Waals surface area contributed by atoms with Crippen LogP contribution in [0.2, 0.25) is 0 Å². The molecule has 6 heteroatoms. The molecule has 4 atom stereocenters. The van der Waals surface area contributed by atoms with Crippen LogP contribution in [0.4, 0.5) is 5.69 Å². The Balaban J connectivity index is 1.82. The predicted molar refractivity (Wildman–Crippen MR) is 85.8 cm³/mol. The summed E-state index contributed by atoms with van der Waals surface area (Å²) >= 11 is 6.75. The van der Waals surface area contributed by atoms with Crippen molar-refractivity contribution in [2.75, 3.05) is 5.32 Å². The summed E-state index contributed by atoms with van der Waals surface area (Å²) < 4.78 is 1.66. The molecule has 1 saturated carbocycles. The number of benzene rings is 1. The molecule has 1 aromatic rings. The van der Waals surface area contributed by atoms with Crippen LogP contribution in [0.25, 0.3) is 0 Å². The molecule has 2 N–H and O–H groups in total. The summed E-state index contributed by atoms with van der Waals surface area (Å²) in [6, 6.07) is 5.45. The molecule has 1 fully saturated rings. The van der Waals surface area contributed by atoms with Gasteiger partial charge in [0.2, 0.25) is 5.91 Å². The minimum Gasteiger partial charge on any atom is -0.481 e. The number of hydrogen-bond acceptors (Lipinski definition) is 2. The molecule has 0 heterocycles. The van der Waals surface area contributed by atoms with Crippen molar-refractivity contribution in [1.82, 2.24) is 0 Å². The molecule has 1 aromatic carbocycles. The summed E-state index contributed by atoms with van der Waals surface area (Å²) in [5.41, 5.74) is 0.652. The van der Waals surface area contributed by atoms with Gasteiger partial charge in [0.15, 0.2) is 0 Å². The van der Waals surface area contributed by atoms with E-state index in [9.17, 15) is 14.7 Å². The smallest absolute Gasteiger partial charge is 0.307 e. The highest BCUT2D eigenvalue weighted by molar-refractivity contribution is 9.11. The quantitative estimate of drug-likeness (QED) is 0.741. The average molecular weight is 415 g/mol. The fourth-order valence-corrected chi connectivity index (χ4v) is 4.47. The summed E-state index contributed by atoms with van der Waals surface area (Å²) in [5.74, 6) is -2.20. The molecule has 0 aliphatic heterocycles. The van der Waals surface area contributed by atoms with Gasteiger partial charge in [-0.05, 0) is 52.4 Å². The highest BCUT2D eigenvalue weighted by atomic mass is 79.9. The first-order chi connectivity index (χ1) is 9.97. The van der Waals surface area contributed by atoms with Gasteiger partial charge in [0.05, 0.1) is 17.5 Å². The molecule has 0 unspecified atom stereocenters. The normalized spacial score (nSPS) is 29.6. The van der Waals surface area contributed by atoms with E-state index in [1.54, 1.807) is 6.07 Å². The van der Waals surface area contributed by atoms with E-state index in [1.807, 2.05) is 24.3 Å². The van der Waals surface area contributed by atoms with E-state index in [4.69, 9.17) is 0 Å². The third kappa shape index (κ3) is 2.66. The zero-order valence-electron chi connectivity index (χ0n) is 10.9. The second-order valence-electron chi connectivity index (χ2n) is 5.45. The Morgan fingerprint density at radius 3 is 2.43 bits per heavy atom. The van der Waals surface area contributed by atoms with E-state index in [0.29, 0.717) is 5.69 Å². The minimum absolute atomic E-state index is 0.0170. The van der Waals surface area contributed by atoms with Crippen molar-refractivity contribution in [3.05, 3.63) is 39.3 Å². The van der Waals surface area contributed by atoms with E-state index in [1.165, 1.54) is 0 Å². The van der Waals surface area contributed by atoms with Crippen LogP contribution in [0.5, 0.6) is 0 Å². The molecule has 110 valence electrons. The molecular formula is C15H13Br2NO3. The summed E-state index contributed by atoms with van der Waals surface area (Å²) in [4.78, 5) is 24.0. The predicted octanol–water partition coefficient (Wildman–Crippen LogP) is 3.67. The van der Waals surface area contributed by atoms with E-state index in [2.05, 4.69) is 37.2 Å². The van der Waals surface area contributed by atoms with Crippen molar-refractivity contribution in [3.63, 3.8) is 0 Å². The molecule has 2 bridgehead atoms. The Kier molecular flexibility index (Phi) is 3.92. The van der Waals surface area contributed by atoms with Crippen LogP contribution in [0.3, 0.4) is 0 Å². The SMILES string of the molecule is O=C(O)[C@@H]1[C@@H](C(=O)Nc2ccc(Br)cc2Br)[C@H]2C=C[C@@H]1C2. The van der Waals surface area contributed by atoms with Gasteiger partial charge in [0, 0.05) is 8.95 Å². The molecule has 3 rings (SSSR count). The number of fused-ring (bicyclic) bond motifs is 2. The molecule has 0 spiro atoms. The number of anilines is 1. The van der Waals surface area contributed by atoms with E-state index >= 15 is 0 Å². The molecule has 0 saturated heterocycles. The van der Waals surface area contributed by atoms with Crippen molar-refractivity contribution >= 4 is 49.4 Å². The Morgan fingerprint density at radius 1 is 1.14 bits per heavy atom. The highest BCUT2D eigenvalue weighted by Gasteiger charge is 2.51. The molecule has 1 amide bonds. The lowest BCUT2D eigenvalue weighted by molar-refractivity contribution is -0.146. The molecule has 0 aromatic heterocycles. The average Bonchev–Trinajstić information content (AvgIpc) is 3.02. The zero-order chi connectivity index (χ0) is 15.1. The Hall–Kier alpha value is -1.14. The Morgan fingerprint density at radius 2 is 1.81 bits per heavy atom. The number of carbonyl (C=O) groups excluding carboxylic acids is 1. The van der Waals surface area contributed by atoms with Crippen LogP contribution in [-0.2, 0) is 9.59 Å². The van der Waals surface area contributed by atoms with Crippen LogP contribution in [0, 0.1) is 23.7 Å². The van der Waals surface area contributed by atoms with Crippen LogP contribution in [-0.4, -0.2) is 17.0 Å². The lowest BCUT2D eigenvalue weighted by atomic mass is 9.82. The van der Waals surface area contributed by atoms with Crippen LogP contribution in [0.15, 0.2) is 39.3 Å². The number of carbonyl (C=O) groups is 2. The second kappa shape index (κ2) is 5.57. The standard InChI is InChI=1S/C15H13Br2NO3/c16-9-3-4-11(10(17)6-9)18-14(19)12-7-1-2-8(5-7)13(12)15(20)21/h1-4,6-8,12-13H,5H2,(H,18,19)(H,20,21)/t7-,8+,12-,13-/m0/s1. The number of hydrogen-bond donors (Lipinski definition) is 2. The van der Waals surface area contributed by atoms with Gasteiger partial charge in [-0.2, -0.15) is 0 Å². The topological polar surface area (TPSA) is 66.4 Å². The van der Waals surface area contributed by atoms with Crippen LogP contribution in [0.1, 0.15) is 6.42 Å². The lowest BCUT2D eigenvalue weighted by Gasteiger charge is -2.24. The van der Waals surface area contributed by atoms with Gasteiger partial charge in [-0.25, -0.2) is 0 Å². The van der Waals surface area contributed by atoms with Gasteiger partial charge in [0.1, 0.15) is 0 Å². The third-order valence-corrected chi connectivity index (χ3v) is 5.39. The van der Waals surface area contributed by atoms with E-state index in [-0.39, 0.29) is 17.7 Å². The highest BCUT2D eigenvalue weighted by Crippen LogP contribution is 2.48. The molecular weight excluding hydrogens is 402 g/mol. The van der Waals surface area contributed by atoms with E-state index < -0.39 is 17.8 Å². The summed E-state index contributed by atoms with van der Waals surface area (Å²) in [6.45, 7) is 0. The number of carboxylic acid groups (broad SMARTS) is 1. The fraction of sp³-hybridized carbons (Fsp3) is 0.333. The fourth-order valence-electron chi connectivity index (χ4n) is 3.32. The van der Waals surface area contributed by atoms with Crippen molar-refractivity contribution in [3.8, 4) is 0 Å². The maximum Gasteiger partial charge on any atom is 0.307 e. The molecule has 0 radical (unpaired) electrons. The van der Waals surface area contributed by atoms with Gasteiger partial charge in [-0.1, -0.05) is 28.1 Å². The first kappa shape index (κ1) is 14.8. The minimum atomic E-state index is -0.887. The van der Waals surface area contributed by atoms with Crippen molar-refractivity contribution in [2.24, 2.45) is 23.7 Å². The first-order valence-electron chi connectivity index (χ1n) is 6.64. The van der Waals surface area contributed by atoms with Gasteiger partial charge in [-0.3, -0.25) is 9.59 Å². The van der Waals surface area contributed by atoms with Crippen molar-refractivity contribution < 1.29 is 14.7 Å². The number of nitrogens with one attached hydrogen (secondary N) is 1. The second-order valence-corrected chi connectivity index (χ2v) is 7.22. The largest absolute Gasteiger partial charge is 0.481 e.